The lowest BCUT2D eigenvalue weighted by Gasteiger charge is -2.08. The Morgan fingerprint density at radius 1 is 1.12 bits per heavy atom. The Labute approximate surface area is 139 Å². The van der Waals surface area contributed by atoms with Gasteiger partial charge in [0.05, 0.1) is 12.4 Å². The number of aromatic nitrogens is 3. The summed E-state index contributed by atoms with van der Waals surface area (Å²) in [6.45, 7) is 4.45. The molecule has 0 radical (unpaired) electrons. The third-order valence-electron chi connectivity index (χ3n) is 3.48. The van der Waals surface area contributed by atoms with E-state index in [0.29, 0.717) is 23.9 Å². The lowest BCUT2D eigenvalue weighted by molar-refractivity contribution is 0.102. The summed E-state index contributed by atoms with van der Waals surface area (Å²) >= 11 is 0. The van der Waals surface area contributed by atoms with Gasteiger partial charge in [0.25, 0.3) is 5.91 Å². The molecule has 122 valence electrons. The Kier molecular flexibility index (Phi) is 4.51. The summed E-state index contributed by atoms with van der Waals surface area (Å²) in [5, 5.41) is 9.49. The average molecular weight is 323 g/mol. The highest BCUT2D eigenvalue weighted by Crippen LogP contribution is 2.11. The molecule has 7 nitrogen and oxygen atoms in total. The highest BCUT2D eigenvalue weighted by molar-refractivity contribution is 6.02. The van der Waals surface area contributed by atoms with Gasteiger partial charge in [-0.3, -0.25) is 4.79 Å². The normalized spacial score (nSPS) is 10.4. The molecule has 2 heterocycles. The molecule has 0 aliphatic heterocycles. The first-order valence-electron chi connectivity index (χ1n) is 7.47. The van der Waals surface area contributed by atoms with Crippen LogP contribution in [0.25, 0.3) is 0 Å². The molecule has 2 aromatic heterocycles. The van der Waals surface area contributed by atoms with E-state index < -0.39 is 0 Å². The Morgan fingerprint density at radius 2 is 1.96 bits per heavy atom. The number of nitrogens with one attached hydrogen (secondary N) is 2. The first kappa shape index (κ1) is 15.7. The van der Waals surface area contributed by atoms with E-state index >= 15 is 0 Å². The van der Waals surface area contributed by atoms with Crippen molar-refractivity contribution in [1.82, 2.24) is 15.1 Å². The summed E-state index contributed by atoms with van der Waals surface area (Å²) in [4.78, 5) is 20.4. The fraction of sp³-hybridized carbons (Fsp3) is 0.176. The molecule has 0 aliphatic rings. The molecule has 3 rings (SSSR count). The first-order valence-corrected chi connectivity index (χ1v) is 7.47. The maximum Gasteiger partial charge on any atom is 0.277 e. The predicted octanol–water partition coefficient (Wildman–Crippen LogP) is 2.95. The van der Waals surface area contributed by atoms with Gasteiger partial charge in [0.1, 0.15) is 17.3 Å². The number of benzene rings is 1. The third kappa shape index (κ3) is 3.75. The topological polar surface area (TPSA) is 92.9 Å². The molecule has 2 N–H and O–H groups in total. The quantitative estimate of drug-likeness (QED) is 0.750. The number of carbonyl (C=O) groups excluding carboxylic acids is 1. The molecular weight excluding hydrogens is 306 g/mol. The van der Waals surface area contributed by atoms with Crippen LogP contribution >= 0.6 is 0 Å². The number of rotatable bonds is 5. The van der Waals surface area contributed by atoms with Crippen LogP contribution in [-0.4, -0.2) is 21.0 Å². The fourth-order valence-corrected chi connectivity index (χ4v) is 2.14. The first-order chi connectivity index (χ1) is 11.6. The second kappa shape index (κ2) is 6.91. The minimum atomic E-state index is -0.388. The monoisotopic (exact) mass is 323 g/mol. The van der Waals surface area contributed by atoms with Crippen LogP contribution in [0.5, 0.6) is 0 Å². The van der Waals surface area contributed by atoms with Gasteiger partial charge >= 0.3 is 0 Å². The molecule has 24 heavy (non-hydrogen) atoms. The number of anilines is 2. The Bertz CT molecular complexity index is 842. The van der Waals surface area contributed by atoms with Crippen molar-refractivity contribution in [2.45, 2.75) is 20.4 Å². The van der Waals surface area contributed by atoms with E-state index in [2.05, 4.69) is 44.8 Å². The van der Waals surface area contributed by atoms with E-state index in [1.165, 1.54) is 23.5 Å². The molecule has 0 aliphatic carbocycles. The Hall–Kier alpha value is -3.22. The van der Waals surface area contributed by atoms with Crippen LogP contribution in [0.2, 0.25) is 0 Å². The summed E-state index contributed by atoms with van der Waals surface area (Å²) in [5.41, 5.74) is 2.59. The third-order valence-corrected chi connectivity index (χ3v) is 3.48. The lowest BCUT2D eigenvalue weighted by Crippen LogP contribution is -2.14. The van der Waals surface area contributed by atoms with E-state index in [9.17, 15) is 4.79 Å². The molecule has 0 fully saturated rings. The number of hydrogen-bond acceptors (Lipinski definition) is 6. The van der Waals surface area contributed by atoms with Gasteiger partial charge in [-0.2, -0.15) is 0 Å². The predicted molar refractivity (Wildman–Crippen MR) is 89.7 cm³/mol. The Morgan fingerprint density at radius 3 is 2.62 bits per heavy atom. The maximum atomic E-state index is 12.0. The minimum Gasteiger partial charge on any atom is -0.365 e. The largest absolute Gasteiger partial charge is 0.365 e. The summed E-state index contributed by atoms with van der Waals surface area (Å²) in [5.74, 6) is 1.18. The maximum absolute atomic E-state index is 12.0. The molecule has 1 aromatic carbocycles. The number of aryl methyl sites for hydroxylation is 2. The number of carbonyl (C=O) groups is 1. The van der Waals surface area contributed by atoms with Crippen molar-refractivity contribution in [3.63, 3.8) is 0 Å². The fourth-order valence-electron chi connectivity index (χ4n) is 2.14. The van der Waals surface area contributed by atoms with Gasteiger partial charge in [-0.15, -0.1) is 0 Å². The molecule has 1 amide bonds. The van der Waals surface area contributed by atoms with Crippen LogP contribution in [0.15, 0.2) is 47.2 Å². The molecular formula is C17H17N5O2. The van der Waals surface area contributed by atoms with E-state index in [4.69, 9.17) is 4.52 Å². The average Bonchev–Trinajstić information content (AvgIpc) is 2.99. The summed E-state index contributed by atoms with van der Waals surface area (Å²) < 4.78 is 4.89. The number of amides is 1. The second-order valence-electron chi connectivity index (χ2n) is 5.34. The Balaban J connectivity index is 1.60. The molecule has 0 unspecified atom stereocenters. The van der Waals surface area contributed by atoms with Crippen LogP contribution in [0.1, 0.15) is 27.4 Å². The van der Waals surface area contributed by atoms with Gasteiger partial charge in [-0.25, -0.2) is 9.97 Å². The van der Waals surface area contributed by atoms with Gasteiger partial charge in [0.2, 0.25) is 0 Å². The second-order valence-corrected chi connectivity index (χ2v) is 5.34. The van der Waals surface area contributed by atoms with E-state index in [-0.39, 0.29) is 11.6 Å². The van der Waals surface area contributed by atoms with Gasteiger partial charge in [0, 0.05) is 12.6 Å². The van der Waals surface area contributed by atoms with Crippen molar-refractivity contribution < 1.29 is 9.32 Å². The highest BCUT2D eigenvalue weighted by atomic mass is 16.5. The molecule has 0 saturated heterocycles. The summed E-state index contributed by atoms with van der Waals surface area (Å²) in [7, 11) is 0. The minimum absolute atomic E-state index is 0.206. The van der Waals surface area contributed by atoms with E-state index in [1.54, 1.807) is 13.0 Å². The van der Waals surface area contributed by atoms with Crippen molar-refractivity contribution in [1.29, 1.82) is 0 Å². The van der Waals surface area contributed by atoms with Gasteiger partial charge in [-0.1, -0.05) is 29.4 Å². The smallest absolute Gasteiger partial charge is 0.277 e. The van der Waals surface area contributed by atoms with Gasteiger partial charge in [-0.05, 0) is 25.0 Å². The van der Waals surface area contributed by atoms with E-state index in [1.807, 2.05) is 12.1 Å². The van der Waals surface area contributed by atoms with Gasteiger partial charge < -0.3 is 15.2 Å². The van der Waals surface area contributed by atoms with Crippen molar-refractivity contribution >= 4 is 17.5 Å². The van der Waals surface area contributed by atoms with Gasteiger partial charge in [0.15, 0.2) is 5.82 Å². The van der Waals surface area contributed by atoms with Crippen molar-refractivity contribution in [2.75, 3.05) is 10.6 Å². The highest BCUT2D eigenvalue weighted by Gasteiger charge is 2.11. The van der Waals surface area contributed by atoms with E-state index in [0.717, 1.165) is 0 Å². The van der Waals surface area contributed by atoms with Crippen molar-refractivity contribution in [3.05, 3.63) is 65.3 Å². The number of hydrogen-bond donors (Lipinski definition) is 2. The van der Waals surface area contributed by atoms with Crippen LogP contribution in [0, 0.1) is 13.8 Å². The zero-order valence-corrected chi connectivity index (χ0v) is 13.4. The molecule has 0 atom stereocenters. The summed E-state index contributed by atoms with van der Waals surface area (Å²) in [6, 6.07) is 9.74. The molecule has 0 saturated carbocycles. The van der Waals surface area contributed by atoms with Crippen LogP contribution in [0.3, 0.4) is 0 Å². The molecule has 7 heteroatoms. The lowest BCUT2D eigenvalue weighted by atomic mass is 10.1. The summed E-state index contributed by atoms with van der Waals surface area (Å²) in [6.07, 6.45) is 2.95. The zero-order chi connectivity index (χ0) is 16.9. The van der Waals surface area contributed by atoms with Crippen LogP contribution < -0.4 is 10.6 Å². The SMILES string of the molecule is Cc1cc(NC(=O)c2cnc(NCc3ccccc3C)cn2)no1. The van der Waals surface area contributed by atoms with Crippen molar-refractivity contribution in [3.8, 4) is 0 Å². The standard InChI is InChI=1S/C17H17N5O2/c1-11-5-3-4-6-13(11)8-19-16-10-18-14(9-20-16)17(23)21-15-7-12(2)24-22-15/h3-7,9-10H,8H2,1-2H3,(H,19,20)(H,21,22,23). The van der Waals surface area contributed by atoms with Crippen LogP contribution in [-0.2, 0) is 6.54 Å². The molecule has 0 spiro atoms. The van der Waals surface area contributed by atoms with Crippen molar-refractivity contribution in [2.24, 2.45) is 0 Å². The zero-order valence-electron chi connectivity index (χ0n) is 13.4. The molecule has 0 bridgehead atoms. The van der Waals surface area contributed by atoms with Crippen LogP contribution in [0.4, 0.5) is 11.6 Å². The number of nitrogens with zero attached hydrogens (tertiary/aromatic N) is 3. The molecule has 3 aromatic rings.